The van der Waals surface area contributed by atoms with Gasteiger partial charge < -0.3 is 24.3 Å². The van der Waals surface area contributed by atoms with E-state index in [1.54, 1.807) is 27.7 Å². The molecule has 7 nitrogen and oxygen atoms in total. The first-order chi connectivity index (χ1) is 19.4. The van der Waals surface area contributed by atoms with Crippen molar-refractivity contribution in [1.29, 1.82) is 0 Å². The van der Waals surface area contributed by atoms with Gasteiger partial charge in [-0.1, -0.05) is 66.7 Å². The summed E-state index contributed by atoms with van der Waals surface area (Å²) in [5.74, 6) is -0.667. The summed E-state index contributed by atoms with van der Waals surface area (Å²) in [4.78, 5) is 26.4. The number of carbonyl (C=O) groups excluding carboxylic acids is 2. The van der Waals surface area contributed by atoms with Crippen LogP contribution in [0.1, 0.15) is 50.3 Å². The molecule has 40 heavy (non-hydrogen) atoms. The van der Waals surface area contributed by atoms with Crippen molar-refractivity contribution in [2.75, 3.05) is 13.2 Å². The van der Waals surface area contributed by atoms with Gasteiger partial charge in [0.1, 0.15) is 13.2 Å². The Kier molecular flexibility index (Phi) is 9.62. The molecule has 0 amide bonds. The van der Waals surface area contributed by atoms with E-state index in [4.69, 9.17) is 18.9 Å². The van der Waals surface area contributed by atoms with Crippen molar-refractivity contribution in [3.05, 3.63) is 118 Å². The quantitative estimate of drug-likeness (QED) is 0.289. The molecule has 0 spiro atoms. The van der Waals surface area contributed by atoms with E-state index in [9.17, 15) is 9.59 Å². The van der Waals surface area contributed by atoms with Gasteiger partial charge in [-0.2, -0.15) is 0 Å². The highest BCUT2D eigenvalue weighted by molar-refractivity contribution is 6.00. The molecule has 0 saturated carbocycles. The number of dihydropyridines is 1. The Balaban J connectivity index is 1.77. The minimum Gasteiger partial charge on any atom is -0.485 e. The van der Waals surface area contributed by atoms with E-state index in [2.05, 4.69) is 5.32 Å². The van der Waals surface area contributed by atoms with Crippen molar-refractivity contribution in [2.45, 2.75) is 46.8 Å². The lowest BCUT2D eigenvalue weighted by atomic mass is 9.80. The summed E-state index contributed by atoms with van der Waals surface area (Å²) >= 11 is 0. The number of esters is 2. The van der Waals surface area contributed by atoms with Crippen LogP contribution >= 0.6 is 0 Å². The maximum atomic E-state index is 13.2. The number of allylic oxidation sites excluding steroid dienone is 2. The SMILES string of the molecule is CCOC(=O)C1=C(C)NC(C)=C(C(=O)OCC)C1c1ccc(OCc2ccccc2)c(OCc2ccccc2)c1. The molecule has 7 heteroatoms. The Bertz CT molecular complexity index is 1350. The lowest BCUT2D eigenvalue weighted by Crippen LogP contribution is -2.32. The smallest absolute Gasteiger partial charge is 0.336 e. The van der Waals surface area contributed by atoms with Gasteiger partial charge in [-0.3, -0.25) is 0 Å². The lowest BCUT2D eigenvalue weighted by Gasteiger charge is -2.30. The van der Waals surface area contributed by atoms with Crippen molar-refractivity contribution in [2.24, 2.45) is 0 Å². The lowest BCUT2D eigenvalue weighted by molar-refractivity contribution is -0.139. The van der Waals surface area contributed by atoms with Gasteiger partial charge in [0.25, 0.3) is 0 Å². The van der Waals surface area contributed by atoms with E-state index in [1.807, 2.05) is 78.9 Å². The van der Waals surface area contributed by atoms with E-state index >= 15 is 0 Å². The Morgan fingerprint density at radius 1 is 0.675 bits per heavy atom. The van der Waals surface area contributed by atoms with Crippen LogP contribution < -0.4 is 14.8 Å². The first kappa shape index (κ1) is 28.5. The molecule has 0 fully saturated rings. The van der Waals surface area contributed by atoms with E-state index < -0.39 is 17.9 Å². The average molecular weight is 542 g/mol. The van der Waals surface area contributed by atoms with Crippen LogP contribution in [0.5, 0.6) is 11.5 Å². The van der Waals surface area contributed by atoms with E-state index in [0.29, 0.717) is 52.8 Å². The summed E-state index contributed by atoms with van der Waals surface area (Å²) < 4.78 is 23.3. The molecule has 0 aromatic heterocycles. The molecular formula is C33H35NO6. The van der Waals surface area contributed by atoms with Gasteiger partial charge >= 0.3 is 11.9 Å². The highest BCUT2D eigenvalue weighted by Gasteiger charge is 2.38. The second-order valence-electron chi connectivity index (χ2n) is 9.33. The molecule has 0 saturated heterocycles. The number of carbonyl (C=O) groups is 2. The van der Waals surface area contributed by atoms with Crippen molar-refractivity contribution >= 4 is 11.9 Å². The molecule has 1 N–H and O–H groups in total. The van der Waals surface area contributed by atoms with E-state index in [0.717, 1.165) is 11.1 Å². The van der Waals surface area contributed by atoms with E-state index in [1.165, 1.54) is 0 Å². The van der Waals surface area contributed by atoms with Gasteiger partial charge in [0.2, 0.25) is 0 Å². The Morgan fingerprint density at radius 3 is 1.62 bits per heavy atom. The third-order valence-electron chi connectivity index (χ3n) is 6.53. The highest BCUT2D eigenvalue weighted by Crippen LogP contribution is 2.42. The molecule has 0 unspecified atom stereocenters. The zero-order valence-electron chi connectivity index (χ0n) is 23.4. The van der Waals surface area contributed by atoms with Gasteiger partial charge in [-0.15, -0.1) is 0 Å². The fourth-order valence-electron chi connectivity index (χ4n) is 4.69. The largest absolute Gasteiger partial charge is 0.485 e. The summed E-state index contributed by atoms with van der Waals surface area (Å²) in [7, 11) is 0. The first-order valence-electron chi connectivity index (χ1n) is 13.4. The van der Waals surface area contributed by atoms with Gasteiger partial charge in [0.05, 0.1) is 30.3 Å². The van der Waals surface area contributed by atoms with Crippen LogP contribution in [0.25, 0.3) is 0 Å². The Hall–Kier alpha value is -4.52. The summed E-state index contributed by atoms with van der Waals surface area (Å²) in [5.41, 5.74) is 4.63. The summed E-state index contributed by atoms with van der Waals surface area (Å²) in [6.07, 6.45) is 0. The number of benzene rings is 3. The predicted molar refractivity (Wildman–Crippen MR) is 153 cm³/mol. The molecule has 1 heterocycles. The van der Waals surface area contributed by atoms with Crippen molar-refractivity contribution in [3.8, 4) is 11.5 Å². The topological polar surface area (TPSA) is 83.1 Å². The summed E-state index contributed by atoms with van der Waals surface area (Å²) in [6.45, 7) is 8.19. The van der Waals surface area contributed by atoms with Gasteiger partial charge in [0, 0.05) is 11.4 Å². The maximum Gasteiger partial charge on any atom is 0.336 e. The molecule has 0 radical (unpaired) electrons. The molecule has 3 aromatic carbocycles. The number of nitrogens with one attached hydrogen (secondary N) is 1. The second-order valence-corrected chi connectivity index (χ2v) is 9.33. The molecule has 1 aliphatic heterocycles. The Morgan fingerprint density at radius 2 is 1.15 bits per heavy atom. The van der Waals surface area contributed by atoms with Gasteiger partial charge in [-0.25, -0.2) is 9.59 Å². The minimum atomic E-state index is -0.721. The third kappa shape index (κ3) is 6.72. The molecule has 1 aliphatic rings. The van der Waals surface area contributed by atoms with Crippen molar-refractivity contribution < 1.29 is 28.5 Å². The van der Waals surface area contributed by atoms with Crippen LogP contribution in [0.15, 0.2) is 101 Å². The molecular weight excluding hydrogens is 506 g/mol. The minimum absolute atomic E-state index is 0.206. The van der Waals surface area contributed by atoms with Crippen LogP contribution in [0, 0.1) is 0 Å². The molecule has 0 atom stereocenters. The average Bonchev–Trinajstić information content (AvgIpc) is 2.96. The summed E-state index contributed by atoms with van der Waals surface area (Å²) in [6, 6.07) is 25.2. The third-order valence-corrected chi connectivity index (χ3v) is 6.53. The number of hydrogen-bond acceptors (Lipinski definition) is 7. The normalized spacial score (nSPS) is 13.5. The molecule has 208 valence electrons. The molecule has 0 aliphatic carbocycles. The molecule has 0 bridgehead atoms. The fraction of sp³-hybridized carbons (Fsp3) is 0.273. The monoisotopic (exact) mass is 541 g/mol. The molecule has 3 aromatic rings. The van der Waals surface area contributed by atoms with Crippen LogP contribution in [-0.2, 0) is 32.3 Å². The van der Waals surface area contributed by atoms with Gasteiger partial charge in [-0.05, 0) is 56.5 Å². The van der Waals surface area contributed by atoms with Crippen LogP contribution in [0.2, 0.25) is 0 Å². The highest BCUT2D eigenvalue weighted by atomic mass is 16.5. The second kappa shape index (κ2) is 13.5. The zero-order chi connectivity index (χ0) is 28.5. The maximum absolute atomic E-state index is 13.2. The molecule has 4 rings (SSSR count). The number of ether oxygens (including phenoxy) is 4. The van der Waals surface area contributed by atoms with Crippen molar-refractivity contribution in [1.82, 2.24) is 5.32 Å². The Labute approximate surface area is 235 Å². The zero-order valence-corrected chi connectivity index (χ0v) is 23.4. The van der Waals surface area contributed by atoms with E-state index in [-0.39, 0.29) is 13.2 Å². The number of rotatable bonds is 11. The van der Waals surface area contributed by atoms with Crippen LogP contribution in [-0.4, -0.2) is 25.2 Å². The summed E-state index contributed by atoms with van der Waals surface area (Å²) in [5, 5.41) is 3.17. The standard InChI is InChI=1S/C33H35NO6/c1-5-37-32(35)29-22(3)34-23(4)30(33(36)38-6-2)31(29)26-17-18-27(39-20-24-13-9-7-10-14-24)28(19-26)40-21-25-15-11-8-12-16-25/h7-19,31,34H,5-6,20-21H2,1-4H3. The fourth-order valence-corrected chi connectivity index (χ4v) is 4.69. The first-order valence-corrected chi connectivity index (χ1v) is 13.4. The van der Waals surface area contributed by atoms with Crippen LogP contribution in [0.4, 0.5) is 0 Å². The van der Waals surface area contributed by atoms with Crippen LogP contribution in [0.3, 0.4) is 0 Å². The van der Waals surface area contributed by atoms with Gasteiger partial charge in [0.15, 0.2) is 11.5 Å². The predicted octanol–water partition coefficient (Wildman–Crippen LogP) is 6.21. The number of hydrogen-bond donors (Lipinski definition) is 1. The van der Waals surface area contributed by atoms with Crippen molar-refractivity contribution in [3.63, 3.8) is 0 Å².